The molecule has 0 spiro atoms. The van der Waals surface area contributed by atoms with Crippen LogP contribution in [0.15, 0.2) is 11.8 Å². The van der Waals surface area contributed by atoms with Crippen molar-refractivity contribution in [2.24, 2.45) is 0 Å². The predicted octanol–water partition coefficient (Wildman–Crippen LogP) is 4.87. The molecule has 0 aliphatic rings. The molecule has 0 fully saturated rings. The summed E-state index contributed by atoms with van der Waals surface area (Å²) in [4.78, 5) is 14.1. The normalized spacial score (nSPS) is 12.4. The van der Waals surface area contributed by atoms with E-state index in [0.29, 0.717) is 13.0 Å². The van der Waals surface area contributed by atoms with E-state index in [-0.39, 0.29) is 12.7 Å². The zero-order chi connectivity index (χ0) is 17.0. The summed E-state index contributed by atoms with van der Waals surface area (Å²) in [5, 5.41) is 9.18. The van der Waals surface area contributed by atoms with Gasteiger partial charge in [0.15, 0.2) is 0 Å². The van der Waals surface area contributed by atoms with Crippen LogP contribution in [0.3, 0.4) is 0 Å². The standard InChI is InChI=1S/C18H35NO3/c1-6-8-9-10-11-12-14-19(16(7-2)13-15-20)17(21)22-18(3,4)5/h7,20H,6,8-15H2,1-5H3/b16-7-. The molecule has 0 saturated heterocycles. The van der Waals surface area contributed by atoms with E-state index >= 15 is 0 Å². The highest BCUT2D eigenvalue weighted by Gasteiger charge is 2.23. The van der Waals surface area contributed by atoms with E-state index in [1.54, 1.807) is 4.90 Å². The topological polar surface area (TPSA) is 49.8 Å². The fourth-order valence-electron chi connectivity index (χ4n) is 2.27. The van der Waals surface area contributed by atoms with E-state index in [9.17, 15) is 9.90 Å². The van der Waals surface area contributed by atoms with Gasteiger partial charge < -0.3 is 9.84 Å². The Morgan fingerprint density at radius 1 is 1.14 bits per heavy atom. The van der Waals surface area contributed by atoms with Crippen molar-refractivity contribution in [3.8, 4) is 0 Å². The van der Waals surface area contributed by atoms with Crippen LogP contribution >= 0.6 is 0 Å². The lowest BCUT2D eigenvalue weighted by molar-refractivity contribution is 0.0300. The molecule has 0 unspecified atom stereocenters. The van der Waals surface area contributed by atoms with Crippen LogP contribution < -0.4 is 0 Å². The number of aliphatic hydroxyl groups excluding tert-OH is 1. The maximum Gasteiger partial charge on any atom is 0.414 e. The molecule has 130 valence electrons. The summed E-state index contributed by atoms with van der Waals surface area (Å²) in [5.41, 5.74) is 0.333. The van der Waals surface area contributed by atoms with E-state index in [1.807, 2.05) is 33.8 Å². The van der Waals surface area contributed by atoms with Crippen molar-refractivity contribution in [1.82, 2.24) is 4.90 Å². The molecular weight excluding hydrogens is 278 g/mol. The average Bonchev–Trinajstić information content (AvgIpc) is 2.42. The zero-order valence-electron chi connectivity index (χ0n) is 15.2. The molecule has 0 saturated carbocycles. The fourth-order valence-corrected chi connectivity index (χ4v) is 2.27. The van der Waals surface area contributed by atoms with E-state index in [2.05, 4.69) is 6.92 Å². The highest BCUT2D eigenvalue weighted by atomic mass is 16.6. The predicted molar refractivity (Wildman–Crippen MR) is 91.8 cm³/mol. The first-order chi connectivity index (χ1) is 10.4. The van der Waals surface area contributed by atoms with Crippen molar-refractivity contribution in [2.75, 3.05) is 13.2 Å². The Morgan fingerprint density at radius 2 is 1.73 bits per heavy atom. The minimum absolute atomic E-state index is 0.0372. The van der Waals surface area contributed by atoms with Gasteiger partial charge in [-0.2, -0.15) is 0 Å². The van der Waals surface area contributed by atoms with E-state index in [4.69, 9.17) is 4.74 Å². The molecule has 0 atom stereocenters. The van der Waals surface area contributed by atoms with Crippen molar-refractivity contribution in [3.05, 3.63) is 11.8 Å². The second-order valence-electron chi connectivity index (χ2n) is 6.65. The molecule has 22 heavy (non-hydrogen) atoms. The molecule has 0 heterocycles. The molecule has 0 rings (SSSR count). The van der Waals surface area contributed by atoms with Gasteiger partial charge in [-0.25, -0.2) is 4.79 Å². The third kappa shape index (κ3) is 9.82. The highest BCUT2D eigenvalue weighted by Crippen LogP contribution is 2.17. The number of carbonyl (C=O) groups excluding carboxylic acids is 1. The van der Waals surface area contributed by atoms with Gasteiger partial charge in [-0.15, -0.1) is 0 Å². The summed E-state index contributed by atoms with van der Waals surface area (Å²) < 4.78 is 5.49. The Labute approximate surface area is 136 Å². The molecule has 1 amide bonds. The van der Waals surface area contributed by atoms with Gasteiger partial charge in [0.05, 0.1) is 0 Å². The summed E-state index contributed by atoms with van der Waals surface area (Å²) in [5.74, 6) is 0. The van der Waals surface area contributed by atoms with Crippen molar-refractivity contribution in [2.45, 2.75) is 85.2 Å². The number of carbonyl (C=O) groups is 1. The Balaban J connectivity index is 4.56. The molecule has 0 aromatic carbocycles. The number of allylic oxidation sites excluding steroid dienone is 1. The fraction of sp³-hybridized carbons (Fsp3) is 0.833. The molecule has 0 aliphatic heterocycles. The summed E-state index contributed by atoms with van der Waals surface area (Å²) in [6, 6.07) is 0. The quantitative estimate of drug-likeness (QED) is 0.585. The number of nitrogens with zero attached hydrogens (tertiary/aromatic N) is 1. The third-order valence-corrected chi connectivity index (χ3v) is 3.40. The lowest BCUT2D eigenvalue weighted by Crippen LogP contribution is -2.37. The molecule has 4 heteroatoms. The number of hydrogen-bond donors (Lipinski definition) is 1. The van der Waals surface area contributed by atoms with E-state index in [1.165, 1.54) is 25.7 Å². The van der Waals surface area contributed by atoms with Gasteiger partial charge in [0.1, 0.15) is 5.60 Å². The summed E-state index contributed by atoms with van der Waals surface area (Å²) >= 11 is 0. The first-order valence-corrected chi connectivity index (χ1v) is 8.62. The van der Waals surface area contributed by atoms with Gasteiger partial charge in [-0.1, -0.05) is 45.1 Å². The van der Waals surface area contributed by atoms with Crippen LogP contribution in [-0.2, 0) is 4.74 Å². The number of amides is 1. The number of ether oxygens (including phenoxy) is 1. The van der Waals surface area contributed by atoms with Crippen LogP contribution in [0.25, 0.3) is 0 Å². The molecule has 0 aromatic heterocycles. The number of rotatable bonds is 10. The second-order valence-corrected chi connectivity index (χ2v) is 6.65. The van der Waals surface area contributed by atoms with Gasteiger partial charge in [0.2, 0.25) is 0 Å². The van der Waals surface area contributed by atoms with Crippen molar-refractivity contribution in [3.63, 3.8) is 0 Å². The average molecular weight is 313 g/mol. The zero-order valence-corrected chi connectivity index (χ0v) is 15.2. The highest BCUT2D eigenvalue weighted by molar-refractivity contribution is 5.70. The molecule has 0 radical (unpaired) electrons. The lowest BCUT2D eigenvalue weighted by Gasteiger charge is -2.29. The largest absolute Gasteiger partial charge is 0.443 e. The summed E-state index contributed by atoms with van der Waals surface area (Å²) in [7, 11) is 0. The number of unbranched alkanes of at least 4 members (excludes halogenated alkanes) is 5. The van der Waals surface area contributed by atoms with Crippen LogP contribution in [-0.4, -0.2) is 34.9 Å². The monoisotopic (exact) mass is 313 g/mol. The Bertz CT molecular complexity index is 332. The lowest BCUT2D eigenvalue weighted by atomic mass is 10.1. The van der Waals surface area contributed by atoms with Gasteiger partial charge in [-0.3, -0.25) is 4.90 Å². The van der Waals surface area contributed by atoms with Crippen molar-refractivity contribution < 1.29 is 14.6 Å². The maximum atomic E-state index is 12.4. The smallest absolute Gasteiger partial charge is 0.414 e. The van der Waals surface area contributed by atoms with Crippen LogP contribution in [0.1, 0.15) is 79.6 Å². The van der Waals surface area contributed by atoms with Crippen LogP contribution in [0.2, 0.25) is 0 Å². The van der Waals surface area contributed by atoms with Crippen LogP contribution in [0.5, 0.6) is 0 Å². The van der Waals surface area contributed by atoms with Crippen molar-refractivity contribution in [1.29, 1.82) is 0 Å². The minimum atomic E-state index is -0.505. The van der Waals surface area contributed by atoms with Gasteiger partial charge in [-0.05, 0) is 34.1 Å². The Hall–Kier alpha value is -1.03. The van der Waals surface area contributed by atoms with Crippen molar-refractivity contribution >= 4 is 6.09 Å². The molecule has 4 nitrogen and oxygen atoms in total. The second kappa shape index (κ2) is 11.5. The van der Waals surface area contributed by atoms with Gasteiger partial charge in [0, 0.05) is 25.3 Å². The SMILES string of the molecule is C/C=C(/CCO)N(CCCCCCCC)C(=O)OC(C)(C)C. The third-order valence-electron chi connectivity index (χ3n) is 3.40. The Morgan fingerprint density at radius 3 is 2.23 bits per heavy atom. The number of hydrogen-bond acceptors (Lipinski definition) is 3. The van der Waals surface area contributed by atoms with Crippen LogP contribution in [0, 0.1) is 0 Å². The summed E-state index contributed by atoms with van der Waals surface area (Å²) in [6.07, 6.45) is 9.12. The first-order valence-electron chi connectivity index (χ1n) is 8.62. The molecule has 1 N–H and O–H groups in total. The summed E-state index contributed by atoms with van der Waals surface area (Å²) in [6.45, 7) is 10.4. The molecule has 0 bridgehead atoms. The molecular formula is C18H35NO3. The van der Waals surface area contributed by atoms with Gasteiger partial charge in [0.25, 0.3) is 0 Å². The molecule has 0 aliphatic carbocycles. The number of aliphatic hydroxyl groups is 1. The Kier molecular flexibility index (Phi) is 11.0. The van der Waals surface area contributed by atoms with E-state index in [0.717, 1.165) is 18.5 Å². The maximum absolute atomic E-state index is 12.4. The molecule has 0 aromatic rings. The minimum Gasteiger partial charge on any atom is -0.443 e. The first kappa shape index (κ1) is 21.0. The van der Waals surface area contributed by atoms with Gasteiger partial charge >= 0.3 is 6.09 Å². The van der Waals surface area contributed by atoms with Crippen LogP contribution in [0.4, 0.5) is 4.79 Å². The van der Waals surface area contributed by atoms with E-state index < -0.39 is 5.60 Å².